The van der Waals surface area contributed by atoms with Crippen LogP contribution in [0.2, 0.25) is 5.02 Å². The van der Waals surface area contributed by atoms with Crippen molar-refractivity contribution in [3.05, 3.63) is 93.9 Å². The maximum Gasteiger partial charge on any atom is 0.283 e. The Morgan fingerprint density at radius 1 is 1.06 bits per heavy atom. The molecule has 33 heavy (non-hydrogen) atoms. The molecule has 1 saturated heterocycles. The maximum atomic E-state index is 13.0. The smallest absolute Gasteiger partial charge is 0.283 e. The first-order valence-corrected chi connectivity index (χ1v) is 12.1. The number of carbonyl (C=O) groups excluding carboxylic acids is 2. The molecule has 166 valence electrons. The number of piperazine rings is 1. The van der Waals surface area contributed by atoms with Gasteiger partial charge < -0.3 is 9.80 Å². The first-order valence-electron chi connectivity index (χ1n) is 10.8. The lowest BCUT2D eigenvalue weighted by atomic mass is 10.1. The van der Waals surface area contributed by atoms with Crippen LogP contribution in [0.15, 0.2) is 82.7 Å². The number of halogens is 1. The summed E-state index contributed by atoms with van der Waals surface area (Å²) < 4.78 is 0. The van der Waals surface area contributed by atoms with Crippen molar-refractivity contribution in [1.82, 2.24) is 4.90 Å². The first-order chi connectivity index (χ1) is 16.1. The summed E-state index contributed by atoms with van der Waals surface area (Å²) in [5.41, 5.74) is 3.40. The van der Waals surface area contributed by atoms with E-state index >= 15 is 0 Å². The minimum absolute atomic E-state index is 0.0245. The zero-order valence-corrected chi connectivity index (χ0v) is 19.4. The summed E-state index contributed by atoms with van der Waals surface area (Å²) in [5, 5.41) is 0.791. The van der Waals surface area contributed by atoms with Crippen LogP contribution in [0.1, 0.15) is 15.9 Å². The molecule has 2 aliphatic heterocycles. The number of carbonyl (C=O) groups is 2. The molecule has 2 heterocycles. The largest absolute Gasteiger partial charge is 0.368 e. The first kappa shape index (κ1) is 21.7. The predicted molar refractivity (Wildman–Crippen MR) is 136 cm³/mol. The zero-order valence-electron chi connectivity index (χ0n) is 17.9. The second-order valence-corrected chi connectivity index (χ2v) is 9.63. The number of thioether (sulfide) groups is 1. The summed E-state index contributed by atoms with van der Waals surface area (Å²) in [5.74, 6) is -0.194. The molecule has 2 aromatic rings. The highest BCUT2D eigenvalue weighted by Crippen LogP contribution is 2.33. The average Bonchev–Trinajstić information content (AvgIpc) is 2.85. The monoisotopic (exact) mass is 475 g/mol. The van der Waals surface area contributed by atoms with Crippen LogP contribution in [0.3, 0.4) is 0 Å². The van der Waals surface area contributed by atoms with E-state index in [-0.39, 0.29) is 17.1 Å². The van der Waals surface area contributed by atoms with Crippen LogP contribution in [-0.4, -0.2) is 53.9 Å². The fourth-order valence-electron chi connectivity index (χ4n) is 4.06. The minimum atomic E-state index is -0.219. The van der Waals surface area contributed by atoms with Crippen LogP contribution in [-0.2, 0) is 4.79 Å². The Morgan fingerprint density at radius 2 is 1.85 bits per heavy atom. The van der Waals surface area contributed by atoms with Gasteiger partial charge in [0.25, 0.3) is 11.8 Å². The molecular formula is C26H22ClN3O2S. The summed E-state index contributed by atoms with van der Waals surface area (Å²) in [4.78, 5) is 34.3. The van der Waals surface area contributed by atoms with Gasteiger partial charge in [-0.25, -0.2) is 4.99 Å². The highest BCUT2D eigenvalue weighted by molar-refractivity contribution is 8.05. The van der Waals surface area contributed by atoms with Gasteiger partial charge in [-0.15, -0.1) is 11.8 Å². The van der Waals surface area contributed by atoms with E-state index < -0.39 is 0 Å². The molecule has 5 nitrogen and oxygen atoms in total. The zero-order chi connectivity index (χ0) is 22.8. The van der Waals surface area contributed by atoms with Gasteiger partial charge >= 0.3 is 0 Å². The Hall–Kier alpha value is -3.09. The Kier molecular flexibility index (Phi) is 6.20. The van der Waals surface area contributed by atoms with Crippen LogP contribution in [0, 0.1) is 0 Å². The lowest BCUT2D eigenvalue weighted by molar-refractivity contribution is -0.113. The van der Waals surface area contributed by atoms with Crippen LogP contribution < -0.4 is 4.90 Å². The number of rotatable bonds is 3. The number of anilines is 1. The minimum Gasteiger partial charge on any atom is -0.368 e. The second kappa shape index (κ2) is 9.41. The van der Waals surface area contributed by atoms with Gasteiger partial charge in [0.1, 0.15) is 0 Å². The van der Waals surface area contributed by atoms with Crippen molar-refractivity contribution in [3.63, 3.8) is 0 Å². The van der Waals surface area contributed by atoms with Crippen LogP contribution in [0.25, 0.3) is 6.08 Å². The fraction of sp³-hybridized carbons (Fsp3) is 0.192. The number of allylic oxidation sites excluding steroid dienone is 3. The quantitative estimate of drug-likeness (QED) is 0.595. The van der Waals surface area contributed by atoms with Crippen LogP contribution >= 0.6 is 23.4 Å². The van der Waals surface area contributed by atoms with Crippen molar-refractivity contribution in [3.8, 4) is 0 Å². The fourth-order valence-corrected chi connectivity index (χ4v) is 5.29. The molecule has 0 saturated carbocycles. The van der Waals surface area contributed by atoms with Crippen molar-refractivity contribution in [2.24, 2.45) is 4.99 Å². The van der Waals surface area contributed by atoms with E-state index in [9.17, 15) is 9.59 Å². The Morgan fingerprint density at radius 3 is 2.61 bits per heavy atom. The van der Waals surface area contributed by atoms with Crippen molar-refractivity contribution < 1.29 is 9.59 Å². The molecule has 7 heteroatoms. The number of aliphatic imine (C=N–C) groups is 1. The van der Waals surface area contributed by atoms with Gasteiger partial charge in [-0.3, -0.25) is 9.59 Å². The van der Waals surface area contributed by atoms with E-state index in [4.69, 9.17) is 11.6 Å². The van der Waals surface area contributed by atoms with E-state index in [2.05, 4.69) is 9.89 Å². The Labute approximate surface area is 202 Å². The van der Waals surface area contributed by atoms with Gasteiger partial charge in [-0.05, 0) is 48.0 Å². The van der Waals surface area contributed by atoms with E-state index in [0.717, 1.165) is 30.1 Å². The number of fused-ring (bicyclic) bond motifs is 1. The molecule has 1 atom stereocenters. The lowest BCUT2D eigenvalue weighted by Gasteiger charge is -2.36. The number of amides is 2. The van der Waals surface area contributed by atoms with Gasteiger partial charge in [0.05, 0.1) is 15.9 Å². The normalized spacial score (nSPS) is 21.2. The molecule has 1 unspecified atom stereocenters. The third-order valence-corrected chi connectivity index (χ3v) is 7.28. The van der Waals surface area contributed by atoms with Gasteiger partial charge in [0, 0.05) is 42.5 Å². The highest BCUT2D eigenvalue weighted by atomic mass is 35.5. The van der Waals surface area contributed by atoms with E-state index in [1.165, 1.54) is 11.8 Å². The number of hydrogen-bond acceptors (Lipinski definition) is 4. The molecule has 1 fully saturated rings. The van der Waals surface area contributed by atoms with Gasteiger partial charge in [0.15, 0.2) is 0 Å². The Balaban J connectivity index is 1.23. The average molecular weight is 476 g/mol. The molecule has 3 aliphatic rings. The number of benzene rings is 2. The van der Waals surface area contributed by atoms with Crippen molar-refractivity contribution in [2.75, 3.05) is 31.1 Å². The second-order valence-electron chi connectivity index (χ2n) is 8.01. The Bertz CT molecular complexity index is 1210. The third kappa shape index (κ3) is 4.82. The molecule has 5 rings (SSSR count). The topological polar surface area (TPSA) is 53.0 Å². The summed E-state index contributed by atoms with van der Waals surface area (Å²) in [6.45, 7) is 2.85. The van der Waals surface area contributed by atoms with Gasteiger partial charge in [0.2, 0.25) is 0 Å². The predicted octanol–water partition coefficient (Wildman–Crippen LogP) is 4.85. The molecule has 2 amide bonds. The molecule has 0 spiro atoms. The van der Waals surface area contributed by atoms with Gasteiger partial charge in [-0.1, -0.05) is 48.0 Å². The summed E-state index contributed by atoms with van der Waals surface area (Å²) in [6.07, 6.45) is 9.63. The van der Waals surface area contributed by atoms with Crippen molar-refractivity contribution in [2.45, 2.75) is 5.25 Å². The number of hydrogen-bond donors (Lipinski definition) is 0. The van der Waals surface area contributed by atoms with Gasteiger partial charge in [-0.2, -0.15) is 0 Å². The lowest BCUT2D eigenvalue weighted by Crippen LogP contribution is -2.48. The molecular weight excluding hydrogens is 454 g/mol. The highest BCUT2D eigenvalue weighted by Gasteiger charge is 2.26. The summed E-state index contributed by atoms with van der Waals surface area (Å²) in [6, 6.07) is 15.2. The molecule has 2 aromatic carbocycles. The summed E-state index contributed by atoms with van der Waals surface area (Å²) >= 11 is 7.61. The van der Waals surface area contributed by atoms with Crippen molar-refractivity contribution >= 4 is 52.7 Å². The molecule has 0 bridgehead atoms. The van der Waals surface area contributed by atoms with Crippen molar-refractivity contribution in [1.29, 1.82) is 0 Å². The van der Waals surface area contributed by atoms with E-state index in [0.29, 0.717) is 28.6 Å². The maximum absolute atomic E-state index is 13.0. The molecule has 0 radical (unpaired) electrons. The molecule has 0 N–H and O–H groups in total. The SMILES string of the molecule is O=C1N=C2C=CC=CC2S/C1=C/c1ccc(C(=O)N2CCN(c3cccc(Cl)c3)CC2)cc1. The summed E-state index contributed by atoms with van der Waals surface area (Å²) in [7, 11) is 0. The molecule has 1 aliphatic carbocycles. The van der Waals surface area contributed by atoms with Crippen LogP contribution in [0.5, 0.6) is 0 Å². The third-order valence-electron chi connectivity index (χ3n) is 5.85. The molecule has 0 aromatic heterocycles. The van der Waals surface area contributed by atoms with E-state index in [1.54, 1.807) is 0 Å². The van der Waals surface area contributed by atoms with Crippen LogP contribution in [0.4, 0.5) is 5.69 Å². The standard InChI is InChI=1S/C26H22ClN3O2S/c27-20-4-3-5-21(17-20)29-12-14-30(15-13-29)26(32)19-10-8-18(9-11-19)16-24-25(31)28-22-6-1-2-7-23(22)33-24/h1-11,16-17,23H,12-15H2/b24-16+. The number of nitrogens with zero attached hydrogens (tertiary/aromatic N) is 3. The van der Waals surface area contributed by atoms with E-state index in [1.807, 2.05) is 83.8 Å².